The van der Waals surface area contributed by atoms with E-state index in [1.807, 2.05) is 29.2 Å². The summed E-state index contributed by atoms with van der Waals surface area (Å²) in [5.41, 5.74) is 0.800. The largest absolute Gasteiger partial charge is 0.339 e. The third kappa shape index (κ3) is 3.77. The number of hydrogen-bond acceptors (Lipinski definition) is 1. The van der Waals surface area contributed by atoms with Crippen LogP contribution in [-0.4, -0.2) is 23.9 Å². The molecule has 3 heteroatoms. The maximum Gasteiger partial charge on any atom is 0.253 e. The van der Waals surface area contributed by atoms with Gasteiger partial charge < -0.3 is 4.90 Å². The third-order valence-corrected chi connectivity index (χ3v) is 3.02. The zero-order chi connectivity index (χ0) is 12.0. The van der Waals surface area contributed by atoms with Gasteiger partial charge in [-0.3, -0.25) is 4.79 Å². The fourth-order valence-corrected chi connectivity index (χ4v) is 2.20. The fraction of sp³-hybridized carbons (Fsp3) is 0.462. The van der Waals surface area contributed by atoms with Gasteiger partial charge in [0.15, 0.2) is 0 Å². The highest BCUT2D eigenvalue weighted by Gasteiger charge is 2.13. The molecule has 0 aliphatic heterocycles. The molecule has 88 valence electrons. The lowest BCUT2D eigenvalue weighted by Gasteiger charge is -2.21. The van der Waals surface area contributed by atoms with Crippen LogP contribution >= 0.6 is 22.6 Å². The molecule has 0 saturated heterocycles. The Morgan fingerprint density at radius 3 is 2.38 bits per heavy atom. The van der Waals surface area contributed by atoms with Crippen molar-refractivity contribution in [3.63, 3.8) is 0 Å². The first kappa shape index (κ1) is 13.5. The molecule has 16 heavy (non-hydrogen) atoms. The minimum Gasteiger partial charge on any atom is -0.339 e. The van der Waals surface area contributed by atoms with Gasteiger partial charge in [0.2, 0.25) is 0 Å². The van der Waals surface area contributed by atoms with E-state index in [1.165, 1.54) is 0 Å². The summed E-state index contributed by atoms with van der Waals surface area (Å²) in [5, 5.41) is 0. The van der Waals surface area contributed by atoms with Crippen molar-refractivity contribution in [1.29, 1.82) is 0 Å². The van der Waals surface area contributed by atoms with E-state index in [4.69, 9.17) is 0 Å². The first-order valence-electron chi connectivity index (χ1n) is 5.73. The minimum atomic E-state index is 0.155. The summed E-state index contributed by atoms with van der Waals surface area (Å²) in [6, 6.07) is 7.77. The number of amides is 1. The number of hydrogen-bond donors (Lipinski definition) is 0. The smallest absolute Gasteiger partial charge is 0.253 e. The molecule has 1 rings (SSSR count). The predicted octanol–water partition coefficient (Wildman–Crippen LogP) is 3.55. The Morgan fingerprint density at radius 1 is 1.25 bits per heavy atom. The van der Waals surface area contributed by atoms with Crippen molar-refractivity contribution in [1.82, 2.24) is 4.90 Å². The molecule has 0 atom stereocenters. The Kier molecular flexibility index (Phi) is 5.80. The van der Waals surface area contributed by atoms with Crippen LogP contribution in [0, 0.1) is 3.57 Å². The standard InChI is InChI=1S/C13H18INO/c1-3-8-15(9-4-2)13(16)11-6-5-7-12(14)10-11/h5-7,10H,3-4,8-9H2,1-2H3. The third-order valence-electron chi connectivity index (χ3n) is 2.35. The fourth-order valence-electron chi connectivity index (χ4n) is 1.66. The van der Waals surface area contributed by atoms with Gasteiger partial charge in [-0.15, -0.1) is 0 Å². The Bertz CT molecular complexity index is 346. The lowest BCUT2D eigenvalue weighted by Crippen LogP contribution is -2.32. The molecule has 0 aliphatic rings. The molecule has 2 nitrogen and oxygen atoms in total. The van der Waals surface area contributed by atoms with E-state index in [0.29, 0.717) is 0 Å². The van der Waals surface area contributed by atoms with Crippen LogP contribution in [0.2, 0.25) is 0 Å². The van der Waals surface area contributed by atoms with Gasteiger partial charge in [-0.25, -0.2) is 0 Å². The van der Waals surface area contributed by atoms with Gasteiger partial charge in [-0.2, -0.15) is 0 Å². The van der Waals surface area contributed by atoms with Crippen LogP contribution in [0.5, 0.6) is 0 Å². The van der Waals surface area contributed by atoms with Crippen molar-refractivity contribution < 1.29 is 4.79 Å². The molecular formula is C13H18INO. The summed E-state index contributed by atoms with van der Waals surface area (Å²) in [6.07, 6.45) is 2.02. The number of carbonyl (C=O) groups is 1. The van der Waals surface area contributed by atoms with Crippen molar-refractivity contribution in [3.8, 4) is 0 Å². The molecule has 0 fully saturated rings. The van der Waals surface area contributed by atoms with Crippen molar-refractivity contribution in [2.75, 3.05) is 13.1 Å². The molecule has 1 amide bonds. The first-order chi connectivity index (χ1) is 7.69. The molecule has 0 aliphatic carbocycles. The second kappa shape index (κ2) is 6.89. The Hall–Kier alpha value is -0.580. The second-order valence-corrected chi connectivity index (χ2v) is 5.05. The van der Waals surface area contributed by atoms with Gasteiger partial charge in [0.1, 0.15) is 0 Å². The van der Waals surface area contributed by atoms with Crippen LogP contribution < -0.4 is 0 Å². The second-order valence-electron chi connectivity index (χ2n) is 3.80. The maximum absolute atomic E-state index is 12.2. The molecule has 0 N–H and O–H groups in total. The Morgan fingerprint density at radius 2 is 1.88 bits per heavy atom. The Labute approximate surface area is 111 Å². The number of carbonyl (C=O) groups excluding carboxylic acids is 1. The highest BCUT2D eigenvalue weighted by Crippen LogP contribution is 2.11. The van der Waals surface area contributed by atoms with Crippen LogP contribution in [-0.2, 0) is 0 Å². The van der Waals surface area contributed by atoms with E-state index in [0.717, 1.165) is 35.1 Å². The summed E-state index contributed by atoms with van der Waals surface area (Å²) in [7, 11) is 0. The van der Waals surface area contributed by atoms with Gasteiger partial charge in [0.25, 0.3) is 5.91 Å². The number of nitrogens with zero attached hydrogens (tertiary/aromatic N) is 1. The predicted molar refractivity (Wildman–Crippen MR) is 75.6 cm³/mol. The van der Waals surface area contributed by atoms with Crippen LogP contribution in [0.1, 0.15) is 37.0 Å². The molecule has 0 radical (unpaired) electrons. The highest BCUT2D eigenvalue weighted by molar-refractivity contribution is 14.1. The molecule has 0 aromatic heterocycles. The van der Waals surface area contributed by atoms with E-state index < -0.39 is 0 Å². The van der Waals surface area contributed by atoms with Crippen LogP contribution in [0.4, 0.5) is 0 Å². The zero-order valence-electron chi connectivity index (χ0n) is 9.87. The van der Waals surface area contributed by atoms with E-state index in [1.54, 1.807) is 0 Å². The summed E-state index contributed by atoms with van der Waals surface area (Å²) in [5.74, 6) is 0.155. The topological polar surface area (TPSA) is 20.3 Å². The summed E-state index contributed by atoms with van der Waals surface area (Å²) in [6.45, 7) is 5.89. The monoisotopic (exact) mass is 331 g/mol. The van der Waals surface area contributed by atoms with Crippen molar-refractivity contribution in [3.05, 3.63) is 33.4 Å². The molecule has 0 saturated carbocycles. The van der Waals surface area contributed by atoms with E-state index in [-0.39, 0.29) is 5.91 Å². The zero-order valence-corrected chi connectivity index (χ0v) is 12.0. The molecule has 1 aromatic carbocycles. The van der Waals surface area contributed by atoms with Gasteiger partial charge in [-0.1, -0.05) is 19.9 Å². The summed E-state index contributed by atoms with van der Waals surface area (Å²) >= 11 is 2.23. The number of rotatable bonds is 5. The molecule has 0 unspecified atom stereocenters. The van der Waals surface area contributed by atoms with Crippen LogP contribution in [0.15, 0.2) is 24.3 Å². The van der Waals surface area contributed by atoms with Crippen molar-refractivity contribution in [2.24, 2.45) is 0 Å². The van der Waals surface area contributed by atoms with E-state index >= 15 is 0 Å². The number of benzene rings is 1. The minimum absolute atomic E-state index is 0.155. The van der Waals surface area contributed by atoms with Gasteiger partial charge in [-0.05, 0) is 53.6 Å². The van der Waals surface area contributed by atoms with Crippen molar-refractivity contribution >= 4 is 28.5 Å². The van der Waals surface area contributed by atoms with Gasteiger partial charge >= 0.3 is 0 Å². The lowest BCUT2D eigenvalue weighted by molar-refractivity contribution is 0.0755. The lowest BCUT2D eigenvalue weighted by atomic mass is 10.2. The molecule has 0 heterocycles. The first-order valence-corrected chi connectivity index (χ1v) is 6.81. The van der Waals surface area contributed by atoms with Crippen molar-refractivity contribution in [2.45, 2.75) is 26.7 Å². The van der Waals surface area contributed by atoms with E-state index in [9.17, 15) is 4.79 Å². The van der Waals surface area contributed by atoms with Gasteiger partial charge in [0.05, 0.1) is 0 Å². The molecular weight excluding hydrogens is 313 g/mol. The Balaban J connectivity index is 2.81. The summed E-state index contributed by atoms with van der Waals surface area (Å²) in [4.78, 5) is 14.1. The SMILES string of the molecule is CCCN(CCC)C(=O)c1cccc(I)c1. The van der Waals surface area contributed by atoms with E-state index in [2.05, 4.69) is 36.4 Å². The molecule has 0 spiro atoms. The maximum atomic E-state index is 12.2. The average Bonchev–Trinajstić information content (AvgIpc) is 2.28. The quantitative estimate of drug-likeness (QED) is 0.756. The average molecular weight is 331 g/mol. The van der Waals surface area contributed by atoms with Crippen LogP contribution in [0.25, 0.3) is 0 Å². The molecule has 1 aromatic rings. The normalized spacial score (nSPS) is 10.2. The summed E-state index contributed by atoms with van der Waals surface area (Å²) < 4.78 is 1.11. The number of halogens is 1. The highest BCUT2D eigenvalue weighted by atomic mass is 127. The van der Waals surface area contributed by atoms with Gasteiger partial charge in [0, 0.05) is 22.2 Å². The van der Waals surface area contributed by atoms with Crippen LogP contribution in [0.3, 0.4) is 0 Å². The molecule has 0 bridgehead atoms.